The van der Waals surface area contributed by atoms with Crippen molar-refractivity contribution in [1.82, 2.24) is 18.7 Å². The van der Waals surface area contributed by atoms with Crippen LogP contribution < -0.4 is 0 Å². The van der Waals surface area contributed by atoms with Crippen molar-refractivity contribution in [3.8, 4) is 11.5 Å². The number of fused-ring (bicyclic) bond motifs is 4. The van der Waals surface area contributed by atoms with Crippen molar-refractivity contribution >= 4 is 32.8 Å². The van der Waals surface area contributed by atoms with E-state index in [4.69, 9.17) is 9.10 Å². The van der Waals surface area contributed by atoms with Gasteiger partial charge in [0.05, 0.1) is 6.04 Å². The maximum Gasteiger partial charge on any atom is 0.188 e. The maximum absolute atomic E-state index is 8.15. The van der Waals surface area contributed by atoms with Gasteiger partial charge in [0, 0.05) is 60.1 Å². The molecule has 3 aromatic heterocycles. The molecule has 0 amide bonds. The number of hydrogen-bond donors (Lipinski definition) is 0. The van der Waals surface area contributed by atoms with Crippen molar-refractivity contribution in [2.75, 3.05) is 0 Å². The zero-order valence-electron chi connectivity index (χ0n) is 31.8. The van der Waals surface area contributed by atoms with E-state index in [9.17, 15) is 0 Å². The van der Waals surface area contributed by atoms with E-state index < -0.39 is 12.3 Å². The molecule has 0 aliphatic heterocycles. The molecule has 0 spiro atoms. The van der Waals surface area contributed by atoms with Crippen molar-refractivity contribution in [3.63, 3.8) is 0 Å². The molecule has 0 radical (unpaired) electrons. The number of benzene rings is 6. The average molecular weight is 856 g/mol. The molecule has 6 aromatic carbocycles. The summed E-state index contributed by atoms with van der Waals surface area (Å²) in [6.07, 6.45) is 3.75. The molecule has 0 unspecified atom stereocenters. The van der Waals surface area contributed by atoms with E-state index in [-0.39, 0.29) is 32.7 Å². The molecule has 5 heteroatoms. The third kappa shape index (κ3) is 5.33. The van der Waals surface area contributed by atoms with Gasteiger partial charge in [0.15, 0.2) is 17.4 Å². The van der Waals surface area contributed by atoms with Crippen LogP contribution in [0.2, 0.25) is 0 Å². The Morgan fingerprint density at radius 3 is 2.02 bits per heavy atom. The predicted molar refractivity (Wildman–Crippen MR) is 209 cm³/mol. The number of nitrogens with zero attached hydrogens (tertiary/aromatic N) is 4. The molecule has 0 N–H and O–H groups in total. The second-order valence-corrected chi connectivity index (χ2v) is 13.3. The van der Waals surface area contributed by atoms with Crippen molar-refractivity contribution in [2.24, 2.45) is 0 Å². The fourth-order valence-electron chi connectivity index (χ4n) is 7.75. The van der Waals surface area contributed by atoms with Gasteiger partial charge in [0.1, 0.15) is 5.82 Å². The molecular weight excluding hydrogens is 816 g/mol. The summed E-state index contributed by atoms with van der Waals surface area (Å²) in [7, 11) is 0. The Balaban J connectivity index is 0.00000427. The third-order valence-electron chi connectivity index (χ3n) is 10.0. The molecule has 3 heterocycles. The van der Waals surface area contributed by atoms with E-state index in [2.05, 4.69) is 157 Å². The van der Waals surface area contributed by atoms with Gasteiger partial charge in [0.2, 0.25) is 0 Å². The SMILES string of the molecule is [2H]C([2H])([2H])c1ccnc(-n2c3[c-]c(C(c4[c-]c(-n5[cH+]n(C(C)C)c6ccccc65)ccc4)(c4ccccc4)c4ccccc4)ccc3c3ccccc32)c1.[Pt]. The summed E-state index contributed by atoms with van der Waals surface area (Å²) < 4.78 is 31.0. The second-order valence-electron chi connectivity index (χ2n) is 13.3. The van der Waals surface area contributed by atoms with Gasteiger partial charge in [0.25, 0.3) is 0 Å². The normalized spacial score (nSPS) is 12.9. The third-order valence-corrected chi connectivity index (χ3v) is 10.0. The summed E-state index contributed by atoms with van der Waals surface area (Å²) in [5, 5.41) is 2.04. The van der Waals surface area contributed by atoms with Gasteiger partial charge in [-0.2, -0.15) is 30.3 Å². The summed E-state index contributed by atoms with van der Waals surface area (Å²) in [6.45, 7) is 2.13. The van der Waals surface area contributed by atoms with Crippen molar-refractivity contribution in [2.45, 2.75) is 32.2 Å². The van der Waals surface area contributed by atoms with Crippen LogP contribution in [0, 0.1) is 19.0 Å². The fraction of sp³-hybridized carbons (Fsp3) is 0.106. The minimum atomic E-state index is -2.28. The van der Waals surface area contributed by atoms with Gasteiger partial charge in [-0.1, -0.05) is 90.4 Å². The topological polar surface area (TPSA) is 27.7 Å². The first-order chi connectivity index (χ1) is 26.2. The summed E-state index contributed by atoms with van der Waals surface area (Å²) in [4.78, 5) is 4.73. The number of aromatic nitrogens is 4. The van der Waals surface area contributed by atoms with E-state index in [0.29, 0.717) is 5.82 Å². The second kappa shape index (κ2) is 13.5. The smallest absolute Gasteiger partial charge is 0.188 e. The molecule has 0 bridgehead atoms. The standard InChI is InChI=1S/C47H37N4.Pt/c1-33(2)49-32-50(44-24-13-12-23-43(44)49)39-20-14-19-37(30-39)47(35-15-6-4-7-16-35,36-17-8-5-9-18-36)38-25-26-41-40-21-10-11-22-42(40)51(45(41)31-38)46-29-34(3)27-28-48-46;/h4-29,32-33H,1-3H3;/q-1;/i3D3;. The van der Waals surface area contributed by atoms with Gasteiger partial charge >= 0.3 is 0 Å². The molecule has 0 aliphatic rings. The first kappa shape index (κ1) is 30.1. The van der Waals surface area contributed by atoms with E-state index in [0.717, 1.165) is 60.8 Å². The van der Waals surface area contributed by atoms with Crippen LogP contribution >= 0.6 is 0 Å². The van der Waals surface area contributed by atoms with Gasteiger partial charge < -0.3 is 4.57 Å². The monoisotopic (exact) mass is 855 g/mol. The number of hydrogen-bond acceptors (Lipinski definition) is 1. The average Bonchev–Trinajstić information content (AvgIpc) is 3.76. The molecule has 256 valence electrons. The van der Waals surface area contributed by atoms with Crippen LogP contribution in [0.1, 0.15) is 51.8 Å². The Morgan fingerprint density at radius 1 is 0.654 bits per heavy atom. The molecule has 0 saturated heterocycles. The molecule has 0 atom stereocenters. The van der Waals surface area contributed by atoms with Gasteiger partial charge in [-0.15, -0.1) is 22.6 Å². The van der Waals surface area contributed by atoms with E-state index >= 15 is 0 Å². The van der Waals surface area contributed by atoms with Crippen LogP contribution in [-0.2, 0) is 26.5 Å². The Hall–Kier alpha value is -5.57. The summed E-state index contributed by atoms with van der Waals surface area (Å²) >= 11 is 0. The Bertz CT molecular complexity index is 2760. The zero-order valence-corrected chi connectivity index (χ0v) is 31.0. The molecule has 4 nitrogen and oxygen atoms in total. The summed E-state index contributed by atoms with van der Waals surface area (Å²) in [6, 6.07) is 60.0. The predicted octanol–water partition coefficient (Wildman–Crippen LogP) is 11.1. The Labute approximate surface area is 323 Å². The molecule has 9 rings (SSSR count). The Morgan fingerprint density at radius 2 is 1.31 bits per heavy atom. The first-order valence-electron chi connectivity index (χ1n) is 18.8. The number of rotatable bonds is 7. The minimum absolute atomic E-state index is 0. The Kier molecular flexibility index (Phi) is 7.83. The van der Waals surface area contributed by atoms with Crippen molar-refractivity contribution < 1.29 is 25.2 Å². The van der Waals surface area contributed by atoms with Crippen LogP contribution in [0.15, 0.2) is 164 Å². The van der Waals surface area contributed by atoms with E-state index in [1.54, 1.807) is 18.3 Å². The van der Waals surface area contributed by atoms with Crippen LogP contribution in [0.4, 0.5) is 0 Å². The number of imidazole rings is 1. The van der Waals surface area contributed by atoms with Crippen LogP contribution in [0.5, 0.6) is 0 Å². The first-order valence-corrected chi connectivity index (χ1v) is 17.3. The quantitative estimate of drug-likeness (QED) is 0.116. The summed E-state index contributed by atoms with van der Waals surface area (Å²) in [5.41, 5.74) is 8.34. The van der Waals surface area contributed by atoms with Gasteiger partial charge in [-0.25, -0.2) is 14.1 Å². The largest absolute Gasteiger partial charge is 0.319 e. The fourth-order valence-corrected chi connectivity index (χ4v) is 7.75. The van der Waals surface area contributed by atoms with E-state index in [1.807, 2.05) is 28.8 Å². The molecule has 9 aromatic rings. The molecule has 0 fully saturated rings. The zero-order chi connectivity index (χ0) is 37.0. The van der Waals surface area contributed by atoms with Gasteiger partial charge in [-0.05, 0) is 73.1 Å². The van der Waals surface area contributed by atoms with E-state index in [1.165, 1.54) is 0 Å². The van der Waals surface area contributed by atoms with Crippen LogP contribution in [0.3, 0.4) is 0 Å². The summed E-state index contributed by atoms with van der Waals surface area (Å²) in [5.74, 6) is 0.528. The molecule has 52 heavy (non-hydrogen) atoms. The molecule has 0 aliphatic carbocycles. The minimum Gasteiger partial charge on any atom is -0.319 e. The van der Waals surface area contributed by atoms with Gasteiger partial charge in [-0.3, -0.25) is 0 Å². The van der Waals surface area contributed by atoms with Crippen LogP contribution in [0.25, 0.3) is 44.3 Å². The number of aryl methyl sites for hydroxylation is 1. The molecule has 0 saturated carbocycles. The van der Waals surface area contributed by atoms with Crippen molar-refractivity contribution in [1.29, 1.82) is 0 Å². The maximum atomic E-state index is 8.15. The number of para-hydroxylation sites is 3. The molecular formula is C47H37N4Pt-. The number of pyridine rings is 1. The van der Waals surface area contributed by atoms with Crippen molar-refractivity contribution in [3.05, 3.63) is 204 Å². The van der Waals surface area contributed by atoms with Crippen LogP contribution in [-0.4, -0.2) is 18.7 Å².